The molecule has 4 heterocycles. The quantitative estimate of drug-likeness (QED) is 0.663. The number of quaternary nitrogens is 1. The van der Waals surface area contributed by atoms with Gasteiger partial charge in [0.1, 0.15) is 24.9 Å². The predicted octanol–water partition coefficient (Wildman–Crippen LogP) is 1.93. The van der Waals surface area contributed by atoms with Crippen LogP contribution in [0, 0.1) is 0 Å². The van der Waals surface area contributed by atoms with Gasteiger partial charge in [0.2, 0.25) is 5.71 Å². The summed E-state index contributed by atoms with van der Waals surface area (Å²) in [5.74, 6) is 0.780. The van der Waals surface area contributed by atoms with Crippen molar-refractivity contribution in [2.75, 3.05) is 44.7 Å². The van der Waals surface area contributed by atoms with Crippen LogP contribution in [0.4, 0.5) is 5.82 Å². The molecule has 0 amide bonds. The van der Waals surface area contributed by atoms with E-state index in [4.69, 9.17) is 14.1 Å². The molecule has 0 aromatic carbocycles. The van der Waals surface area contributed by atoms with Gasteiger partial charge in [-0.05, 0) is 43.2 Å². The smallest absolute Gasteiger partial charge is 0.229 e. The first kappa shape index (κ1) is 18.8. The zero-order chi connectivity index (χ0) is 19.6. The minimum absolute atomic E-state index is 0.728. The van der Waals surface area contributed by atoms with Gasteiger partial charge in [0, 0.05) is 5.69 Å². The van der Waals surface area contributed by atoms with Crippen LogP contribution in [-0.4, -0.2) is 54.3 Å². The summed E-state index contributed by atoms with van der Waals surface area (Å²) in [4.78, 5) is 15.6. The second-order valence-corrected chi connectivity index (χ2v) is 8.19. The number of hydrogen-bond acceptors (Lipinski definition) is 6. The topological polar surface area (TPSA) is 77.5 Å². The van der Waals surface area contributed by atoms with E-state index in [2.05, 4.69) is 22.2 Å². The van der Waals surface area contributed by atoms with E-state index in [9.17, 15) is 0 Å². The number of pyridine rings is 1. The van der Waals surface area contributed by atoms with Gasteiger partial charge in [0.25, 0.3) is 0 Å². The number of aromatic nitrogens is 3. The summed E-state index contributed by atoms with van der Waals surface area (Å²) in [7, 11) is 0. The Balaban J connectivity index is 1.49. The molecule has 2 N–H and O–H groups in total. The van der Waals surface area contributed by atoms with Crippen molar-refractivity contribution in [3.8, 4) is 0 Å². The first-order chi connectivity index (χ1) is 14.3. The summed E-state index contributed by atoms with van der Waals surface area (Å²) in [6.45, 7) is 7.96. The van der Waals surface area contributed by atoms with Crippen LogP contribution in [0.5, 0.6) is 0 Å². The van der Waals surface area contributed by atoms with Gasteiger partial charge in [-0.1, -0.05) is 13.3 Å². The molecule has 0 unspecified atom stereocenters. The molecular weight excluding hydrogens is 366 g/mol. The molecule has 5 rings (SSSR count). The first-order valence-electron chi connectivity index (χ1n) is 11.1. The van der Waals surface area contributed by atoms with Crippen molar-refractivity contribution in [2.24, 2.45) is 0 Å². The Kier molecular flexibility index (Phi) is 5.33. The lowest BCUT2D eigenvalue weighted by molar-refractivity contribution is -0.906. The van der Waals surface area contributed by atoms with E-state index in [-0.39, 0.29) is 0 Å². The van der Waals surface area contributed by atoms with E-state index in [1.54, 1.807) is 11.2 Å². The Morgan fingerprint density at radius 3 is 2.76 bits per heavy atom. The molecule has 0 atom stereocenters. The van der Waals surface area contributed by atoms with Crippen LogP contribution in [-0.2, 0) is 24.0 Å². The number of nitrogens with one attached hydrogen (secondary N) is 2. The van der Waals surface area contributed by atoms with E-state index >= 15 is 0 Å². The number of aryl methyl sites for hydroxylation is 2. The maximum atomic E-state index is 6.25. The van der Waals surface area contributed by atoms with Crippen molar-refractivity contribution < 1.29 is 14.1 Å². The highest BCUT2D eigenvalue weighted by Crippen LogP contribution is 2.37. The highest BCUT2D eigenvalue weighted by atomic mass is 16.5. The molecule has 29 heavy (non-hydrogen) atoms. The molecule has 1 aliphatic carbocycles. The molecule has 1 aliphatic heterocycles. The molecule has 1 saturated heterocycles. The van der Waals surface area contributed by atoms with E-state index in [0.29, 0.717) is 0 Å². The molecule has 3 aromatic rings. The van der Waals surface area contributed by atoms with Crippen molar-refractivity contribution in [3.05, 3.63) is 23.1 Å². The van der Waals surface area contributed by atoms with Crippen LogP contribution < -0.4 is 10.2 Å². The normalized spacial score (nSPS) is 17.7. The average molecular weight is 397 g/mol. The molecule has 0 bridgehead atoms. The van der Waals surface area contributed by atoms with Gasteiger partial charge in [-0.15, -0.1) is 0 Å². The largest absolute Gasteiger partial charge is 0.432 e. The van der Waals surface area contributed by atoms with Crippen molar-refractivity contribution in [2.45, 2.75) is 45.4 Å². The van der Waals surface area contributed by atoms with Crippen LogP contribution in [0.3, 0.4) is 0 Å². The van der Waals surface area contributed by atoms with Crippen LogP contribution in [0.25, 0.3) is 22.2 Å². The Morgan fingerprint density at radius 1 is 1.10 bits per heavy atom. The second-order valence-electron chi connectivity index (χ2n) is 8.19. The molecule has 1 fully saturated rings. The van der Waals surface area contributed by atoms with Gasteiger partial charge in [-0.25, -0.2) is 15.0 Å². The van der Waals surface area contributed by atoms with Crippen LogP contribution >= 0.6 is 0 Å². The highest BCUT2D eigenvalue weighted by molar-refractivity contribution is 6.06. The zero-order valence-corrected chi connectivity index (χ0v) is 17.2. The summed E-state index contributed by atoms with van der Waals surface area (Å²) < 4.78 is 11.7. The molecule has 0 saturated carbocycles. The summed E-state index contributed by atoms with van der Waals surface area (Å²) in [6, 6.07) is 0. The minimum Gasteiger partial charge on any atom is -0.432 e. The summed E-state index contributed by atoms with van der Waals surface area (Å²) in [6.07, 6.45) is 8.44. The predicted molar refractivity (Wildman–Crippen MR) is 113 cm³/mol. The standard InChI is InChI=1S/C22H29N5O2/c1-2-5-17-15-6-3-4-7-16(15)18-19-20(29-22(18)26-17)21(25-14-24-19)23-8-9-27-10-12-28-13-11-27/h14H,2-13H2,1H3,(H,23,24,25)/p+1. The third-order valence-electron chi connectivity index (χ3n) is 6.27. The lowest BCUT2D eigenvalue weighted by Gasteiger charge is -2.23. The molecule has 7 nitrogen and oxygen atoms in total. The van der Waals surface area contributed by atoms with E-state index in [1.165, 1.54) is 29.7 Å². The number of furan rings is 1. The van der Waals surface area contributed by atoms with Crippen molar-refractivity contribution >= 4 is 28.0 Å². The van der Waals surface area contributed by atoms with Crippen molar-refractivity contribution in [1.82, 2.24) is 15.0 Å². The fourth-order valence-corrected chi connectivity index (χ4v) is 4.78. The Bertz CT molecular complexity index is 1010. The van der Waals surface area contributed by atoms with Crippen LogP contribution in [0.2, 0.25) is 0 Å². The van der Waals surface area contributed by atoms with Gasteiger partial charge in [0.05, 0.1) is 31.7 Å². The van der Waals surface area contributed by atoms with Gasteiger partial charge < -0.3 is 19.4 Å². The third-order valence-corrected chi connectivity index (χ3v) is 6.27. The fourth-order valence-electron chi connectivity index (χ4n) is 4.78. The molecular formula is C22H30N5O2+. The van der Waals surface area contributed by atoms with E-state index in [1.807, 2.05) is 0 Å². The van der Waals surface area contributed by atoms with Crippen molar-refractivity contribution in [3.63, 3.8) is 0 Å². The number of ether oxygens (including phenoxy) is 1. The Labute approximate surface area is 170 Å². The zero-order valence-electron chi connectivity index (χ0n) is 17.2. The maximum absolute atomic E-state index is 6.25. The van der Waals surface area contributed by atoms with Crippen LogP contribution in [0.1, 0.15) is 43.0 Å². The second kappa shape index (κ2) is 8.24. The third kappa shape index (κ3) is 3.57. The number of nitrogens with zero attached hydrogens (tertiary/aromatic N) is 3. The summed E-state index contributed by atoms with van der Waals surface area (Å²) in [5.41, 5.74) is 6.44. The highest BCUT2D eigenvalue weighted by Gasteiger charge is 2.24. The monoisotopic (exact) mass is 396 g/mol. The number of rotatable bonds is 6. The molecule has 7 heteroatoms. The van der Waals surface area contributed by atoms with Gasteiger partial charge in [0.15, 0.2) is 11.4 Å². The van der Waals surface area contributed by atoms with Gasteiger partial charge in [-0.2, -0.15) is 0 Å². The van der Waals surface area contributed by atoms with Gasteiger partial charge in [-0.3, -0.25) is 0 Å². The summed E-state index contributed by atoms with van der Waals surface area (Å²) >= 11 is 0. The molecule has 0 spiro atoms. The molecule has 2 aliphatic rings. The number of hydrogen-bond donors (Lipinski definition) is 2. The number of morpholine rings is 1. The van der Waals surface area contributed by atoms with E-state index < -0.39 is 0 Å². The number of anilines is 1. The maximum Gasteiger partial charge on any atom is 0.229 e. The fraction of sp³-hybridized carbons (Fsp3) is 0.591. The molecule has 3 aromatic heterocycles. The number of fused-ring (bicyclic) bond motifs is 5. The Hall–Kier alpha value is -2.25. The summed E-state index contributed by atoms with van der Waals surface area (Å²) in [5, 5.41) is 4.59. The lowest BCUT2D eigenvalue weighted by atomic mass is 9.88. The molecule has 154 valence electrons. The minimum atomic E-state index is 0.728. The molecule has 0 radical (unpaired) electrons. The van der Waals surface area contributed by atoms with Crippen molar-refractivity contribution in [1.29, 1.82) is 0 Å². The Morgan fingerprint density at radius 2 is 1.93 bits per heavy atom. The average Bonchev–Trinajstić information content (AvgIpc) is 3.14. The lowest BCUT2D eigenvalue weighted by Crippen LogP contribution is -3.14. The van der Waals surface area contributed by atoms with E-state index in [0.717, 1.165) is 93.1 Å². The first-order valence-corrected chi connectivity index (χ1v) is 11.1. The van der Waals surface area contributed by atoms with Gasteiger partial charge >= 0.3 is 0 Å². The SMILES string of the molecule is CCCc1nc2oc3c(NCC[NH+]4CCOCC4)ncnc3c2c2c1CCCC2. The van der Waals surface area contributed by atoms with Crippen LogP contribution in [0.15, 0.2) is 10.7 Å².